The van der Waals surface area contributed by atoms with Crippen LogP contribution in [-0.4, -0.2) is 18.2 Å². The Morgan fingerprint density at radius 3 is 1.89 bits per heavy atom. The molecule has 0 aliphatic heterocycles. The van der Waals surface area contributed by atoms with Crippen molar-refractivity contribution < 1.29 is 0 Å². The Bertz CT molecular complexity index is 205. The molecule has 0 heterocycles. The zero-order chi connectivity index (χ0) is 14.3. The number of thiocarbonyl (C=S) groups is 1. The molecule has 2 nitrogen and oxygen atoms in total. The van der Waals surface area contributed by atoms with Gasteiger partial charge in [0.25, 0.3) is 0 Å². The first kappa shape index (κ1) is 18.7. The average Bonchev–Trinajstić information content (AvgIpc) is 2.38. The van der Waals surface area contributed by atoms with E-state index in [0.717, 1.165) is 18.2 Å². The largest absolute Gasteiger partial charge is 0.363 e. The van der Waals surface area contributed by atoms with Gasteiger partial charge >= 0.3 is 0 Å². The standard InChI is InChI=1S/C16H34N2S/c1-4-5-6-7-8-9-10-11-12-13-17-16(19)18-14-15(2)3/h15H,4-14H2,1-3H3,(H2,17,18,19). The van der Waals surface area contributed by atoms with Gasteiger partial charge in [0.15, 0.2) is 5.11 Å². The van der Waals surface area contributed by atoms with Gasteiger partial charge in [-0.3, -0.25) is 0 Å². The lowest BCUT2D eigenvalue weighted by molar-refractivity contribution is 0.561. The van der Waals surface area contributed by atoms with Crippen LogP contribution in [0.4, 0.5) is 0 Å². The Kier molecular flexibility index (Phi) is 13.9. The summed E-state index contributed by atoms with van der Waals surface area (Å²) in [5.74, 6) is 0.646. The van der Waals surface area contributed by atoms with Crippen LogP contribution in [0.1, 0.15) is 78.6 Å². The lowest BCUT2D eigenvalue weighted by Gasteiger charge is -2.11. The molecule has 0 aliphatic rings. The molecule has 0 spiro atoms. The number of unbranched alkanes of at least 4 members (excludes halogenated alkanes) is 8. The maximum atomic E-state index is 5.21. The van der Waals surface area contributed by atoms with Crippen LogP contribution < -0.4 is 10.6 Å². The van der Waals surface area contributed by atoms with Gasteiger partial charge in [0.1, 0.15) is 0 Å². The Morgan fingerprint density at radius 1 is 0.842 bits per heavy atom. The summed E-state index contributed by atoms with van der Waals surface area (Å²) in [6.07, 6.45) is 12.4. The third-order valence-electron chi connectivity index (χ3n) is 3.24. The monoisotopic (exact) mass is 286 g/mol. The zero-order valence-corrected chi connectivity index (χ0v) is 14.1. The van der Waals surface area contributed by atoms with Gasteiger partial charge in [0, 0.05) is 13.1 Å². The molecule has 0 aromatic heterocycles. The van der Waals surface area contributed by atoms with Crippen molar-refractivity contribution in [3.63, 3.8) is 0 Å². The summed E-state index contributed by atoms with van der Waals surface area (Å²) in [7, 11) is 0. The van der Waals surface area contributed by atoms with Gasteiger partial charge in [0.05, 0.1) is 0 Å². The van der Waals surface area contributed by atoms with Crippen LogP contribution in [0, 0.1) is 5.92 Å². The van der Waals surface area contributed by atoms with Gasteiger partial charge in [-0.25, -0.2) is 0 Å². The van der Waals surface area contributed by atoms with E-state index in [-0.39, 0.29) is 0 Å². The summed E-state index contributed by atoms with van der Waals surface area (Å²) in [6, 6.07) is 0. The minimum atomic E-state index is 0.646. The van der Waals surface area contributed by atoms with Crippen LogP contribution in [0.15, 0.2) is 0 Å². The van der Waals surface area contributed by atoms with Gasteiger partial charge in [-0.1, -0.05) is 72.1 Å². The molecule has 0 saturated heterocycles. The van der Waals surface area contributed by atoms with Gasteiger partial charge in [-0.15, -0.1) is 0 Å². The van der Waals surface area contributed by atoms with Crippen LogP contribution in [0.5, 0.6) is 0 Å². The lowest BCUT2D eigenvalue weighted by Crippen LogP contribution is -2.37. The Hall–Kier alpha value is -0.310. The first-order valence-corrected chi connectivity index (χ1v) is 8.59. The molecule has 0 bridgehead atoms. The summed E-state index contributed by atoms with van der Waals surface area (Å²) in [5.41, 5.74) is 0. The fourth-order valence-corrected chi connectivity index (χ4v) is 2.18. The second kappa shape index (κ2) is 14.1. The van der Waals surface area contributed by atoms with E-state index in [1.165, 1.54) is 57.8 Å². The molecule has 3 heteroatoms. The molecule has 19 heavy (non-hydrogen) atoms. The second-order valence-electron chi connectivity index (χ2n) is 5.86. The quantitative estimate of drug-likeness (QED) is 0.404. The van der Waals surface area contributed by atoms with Crippen molar-refractivity contribution in [2.45, 2.75) is 78.6 Å². The van der Waals surface area contributed by atoms with Crippen LogP contribution in [0.3, 0.4) is 0 Å². The Labute approximate surface area is 126 Å². The first-order valence-electron chi connectivity index (χ1n) is 8.18. The number of hydrogen-bond acceptors (Lipinski definition) is 1. The predicted molar refractivity (Wildman–Crippen MR) is 90.7 cm³/mol. The maximum Gasteiger partial charge on any atom is 0.166 e. The normalized spacial score (nSPS) is 10.7. The molecule has 0 rings (SSSR count). The number of rotatable bonds is 12. The van der Waals surface area contributed by atoms with Crippen molar-refractivity contribution in [3.05, 3.63) is 0 Å². The summed E-state index contributed by atoms with van der Waals surface area (Å²) < 4.78 is 0. The molecule has 114 valence electrons. The summed E-state index contributed by atoms with van der Waals surface area (Å²) in [4.78, 5) is 0. The highest BCUT2D eigenvalue weighted by Crippen LogP contribution is 2.09. The number of hydrogen-bond donors (Lipinski definition) is 2. The third kappa shape index (κ3) is 15.6. The maximum absolute atomic E-state index is 5.21. The highest BCUT2D eigenvalue weighted by Gasteiger charge is 1.97. The Balaban J connectivity index is 3.11. The molecule has 0 aliphatic carbocycles. The van der Waals surface area contributed by atoms with Crippen molar-refractivity contribution in [2.75, 3.05) is 13.1 Å². The summed E-state index contributed by atoms with van der Waals surface area (Å²) >= 11 is 5.21. The van der Waals surface area contributed by atoms with Crippen molar-refractivity contribution in [1.29, 1.82) is 0 Å². The van der Waals surface area contributed by atoms with E-state index >= 15 is 0 Å². The first-order chi connectivity index (χ1) is 9.16. The molecule has 0 atom stereocenters. The van der Waals surface area contributed by atoms with E-state index < -0.39 is 0 Å². The molecule has 0 fully saturated rings. The van der Waals surface area contributed by atoms with E-state index in [4.69, 9.17) is 12.2 Å². The lowest BCUT2D eigenvalue weighted by atomic mass is 10.1. The molecule has 0 unspecified atom stereocenters. The van der Waals surface area contributed by atoms with E-state index in [0.29, 0.717) is 5.92 Å². The minimum absolute atomic E-state index is 0.646. The van der Waals surface area contributed by atoms with E-state index in [1.54, 1.807) is 0 Å². The second-order valence-corrected chi connectivity index (χ2v) is 6.27. The molecule has 0 amide bonds. The molecule has 2 N–H and O–H groups in total. The topological polar surface area (TPSA) is 24.1 Å². The third-order valence-corrected chi connectivity index (χ3v) is 3.53. The SMILES string of the molecule is CCCCCCCCCCCNC(=S)NCC(C)C. The number of nitrogens with one attached hydrogen (secondary N) is 2. The molecule has 0 aromatic rings. The van der Waals surface area contributed by atoms with Gasteiger partial charge in [0.2, 0.25) is 0 Å². The highest BCUT2D eigenvalue weighted by molar-refractivity contribution is 7.80. The van der Waals surface area contributed by atoms with Gasteiger partial charge < -0.3 is 10.6 Å². The minimum Gasteiger partial charge on any atom is -0.363 e. The summed E-state index contributed by atoms with van der Waals surface area (Å²) in [6.45, 7) is 8.63. The fourth-order valence-electron chi connectivity index (χ4n) is 2.00. The molecule has 0 saturated carbocycles. The smallest absolute Gasteiger partial charge is 0.166 e. The van der Waals surface area contributed by atoms with Crippen LogP contribution in [0.25, 0.3) is 0 Å². The predicted octanol–water partition coefficient (Wildman–Crippen LogP) is 4.64. The van der Waals surface area contributed by atoms with Crippen molar-refractivity contribution >= 4 is 17.3 Å². The van der Waals surface area contributed by atoms with E-state index in [2.05, 4.69) is 31.4 Å². The van der Waals surface area contributed by atoms with Gasteiger partial charge in [-0.2, -0.15) is 0 Å². The molecular weight excluding hydrogens is 252 g/mol. The van der Waals surface area contributed by atoms with Crippen LogP contribution in [0.2, 0.25) is 0 Å². The molecule has 0 radical (unpaired) electrons. The van der Waals surface area contributed by atoms with Crippen LogP contribution >= 0.6 is 12.2 Å². The van der Waals surface area contributed by atoms with E-state index in [9.17, 15) is 0 Å². The fraction of sp³-hybridized carbons (Fsp3) is 0.938. The Morgan fingerprint density at radius 2 is 1.37 bits per heavy atom. The highest BCUT2D eigenvalue weighted by atomic mass is 32.1. The van der Waals surface area contributed by atoms with Crippen molar-refractivity contribution in [2.24, 2.45) is 5.92 Å². The van der Waals surface area contributed by atoms with Crippen LogP contribution in [-0.2, 0) is 0 Å². The molecular formula is C16H34N2S. The van der Waals surface area contributed by atoms with Gasteiger partial charge in [-0.05, 0) is 24.6 Å². The molecule has 0 aromatic carbocycles. The summed E-state index contributed by atoms with van der Waals surface area (Å²) in [5, 5.41) is 7.32. The van der Waals surface area contributed by atoms with E-state index in [1.807, 2.05) is 0 Å². The van der Waals surface area contributed by atoms with Crippen molar-refractivity contribution in [1.82, 2.24) is 10.6 Å². The zero-order valence-electron chi connectivity index (χ0n) is 13.3. The average molecular weight is 287 g/mol. The van der Waals surface area contributed by atoms with Crippen molar-refractivity contribution in [3.8, 4) is 0 Å².